The first-order valence-corrected chi connectivity index (χ1v) is 7.01. The van der Waals surface area contributed by atoms with E-state index in [2.05, 4.69) is 17.1 Å². The highest BCUT2D eigenvalue weighted by molar-refractivity contribution is 5.39. The predicted molar refractivity (Wildman–Crippen MR) is 72.3 cm³/mol. The van der Waals surface area contributed by atoms with Crippen molar-refractivity contribution >= 4 is 0 Å². The van der Waals surface area contributed by atoms with Crippen molar-refractivity contribution in [1.82, 2.24) is 10.1 Å². The van der Waals surface area contributed by atoms with Gasteiger partial charge in [-0.1, -0.05) is 18.1 Å². The summed E-state index contributed by atoms with van der Waals surface area (Å²) in [6.07, 6.45) is 3.15. The van der Waals surface area contributed by atoms with Gasteiger partial charge in [-0.15, -0.1) is 0 Å². The van der Waals surface area contributed by atoms with Crippen molar-refractivity contribution in [2.24, 2.45) is 0 Å². The van der Waals surface area contributed by atoms with Gasteiger partial charge in [0, 0.05) is 6.42 Å². The summed E-state index contributed by atoms with van der Waals surface area (Å²) in [7, 11) is 0. The van der Waals surface area contributed by atoms with Gasteiger partial charge in [0.25, 0.3) is 0 Å². The van der Waals surface area contributed by atoms with Crippen LogP contribution in [0.4, 0.5) is 0 Å². The molecule has 1 aromatic heterocycles. The van der Waals surface area contributed by atoms with E-state index in [1.54, 1.807) is 0 Å². The lowest BCUT2D eigenvalue weighted by atomic mass is 10.1. The fourth-order valence-electron chi connectivity index (χ4n) is 2.47. The molecular formula is C15H18N2O3. The average molecular weight is 274 g/mol. The second-order valence-corrected chi connectivity index (χ2v) is 5.06. The second-order valence-electron chi connectivity index (χ2n) is 5.06. The molecule has 1 heterocycles. The van der Waals surface area contributed by atoms with Crippen molar-refractivity contribution in [2.75, 3.05) is 0 Å². The van der Waals surface area contributed by atoms with Crippen molar-refractivity contribution in [3.05, 3.63) is 41.0 Å². The van der Waals surface area contributed by atoms with Crippen LogP contribution in [0.5, 0.6) is 5.75 Å². The van der Waals surface area contributed by atoms with Crippen LogP contribution < -0.4 is 4.74 Å². The molecule has 0 saturated heterocycles. The predicted octanol–water partition coefficient (Wildman–Crippen LogP) is 2.58. The molecule has 0 saturated carbocycles. The lowest BCUT2D eigenvalue weighted by Gasteiger charge is -2.07. The minimum absolute atomic E-state index is 0.300. The highest BCUT2D eigenvalue weighted by Gasteiger charge is 2.20. The monoisotopic (exact) mass is 274 g/mol. The first kappa shape index (κ1) is 13.1. The molecule has 1 aromatic carbocycles. The summed E-state index contributed by atoms with van der Waals surface area (Å²) >= 11 is 0. The van der Waals surface area contributed by atoms with Gasteiger partial charge in [0.1, 0.15) is 5.75 Å². The zero-order chi connectivity index (χ0) is 13.9. The molecule has 3 rings (SSSR count). The molecule has 0 aliphatic heterocycles. The Kier molecular flexibility index (Phi) is 3.69. The van der Waals surface area contributed by atoms with Crippen molar-refractivity contribution in [3.63, 3.8) is 0 Å². The van der Waals surface area contributed by atoms with Gasteiger partial charge in [-0.3, -0.25) is 0 Å². The van der Waals surface area contributed by atoms with Gasteiger partial charge >= 0.3 is 0 Å². The largest absolute Gasteiger partial charge is 0.485 e. The molecule has 0 bridgehead atoms. The van der Waals surface area contributed by atoms with E-state index in [1.165, 1.54) is 0 Å². The molecule has 5 nitrogen and oxygen atoms in total. The molecule has 1 N–H and O–H groups in total. The maximum Gasteiger partial charge on any atom is 0.226 e. The van der Waals surface area contributed by atoms with E-state index in [0.717, 1.165) is 42.6 Å². The summed E-state index contributed by atoms with van der Waals surface area (Å²) in [4.78, 5) is 4.26. The highest BCUT2D eigenvalue weighted by atomic mass is 16.5. The molecule has 106 valence electrons. The van der Waals surface area contributed by atoms with Crippen molar-refractivity contribution in [3.8, 4) is 5.75 Å². The SMILES string of the molecule is CCCc1nc(COc2ccc3c(c2)CCC3O)no1. The molecule has 1 aliphatic rings. The van der Waals surface area contributed by atoms with E-state index in [9.17, 15) is 5.11 Å². The fraction of sp³-hybridized carbons (Fsp3) is 0.467. The number of aliphatic hydroxyl groups excluding tert-OH is 1. The van der Waals surface area contributed by atoms with Gasteiger partial charge in [-0.2, -0.15) is 4.98 Å². The minimum Gasteiger partial charge on any atom is -0.485 e. The molecule has 0 radical (unpaired) electrons. The van der Waals surface area contributed by atoms with Gasteiger partial charge in [-0.25, -0.2) is 0 Å². The average Bonchev–Trinajstić information content (AvgIpc) is 3.04. The number of benzene rings is 1. The number of hydrogen-bond acceptors (Lipinski definition) is 5. The maximum absolute atomic E-state index is 9.76. The summed E-state index contributed by atoms with van der Waals surface area (Å²) < 4.78 is 10.8. The molecular weight excluding hydrogens is 256 g/mol. The van der Waals surface area contributed by atoms with Crippen LogP contribution in [-0.4, -0.2) is 15.2 Å². The Labute approximate surface area is 117 Å². The summed E-state index contributed by atoms with van der Waals surface area (Å²) in [5, 5.41) is 13.6. The van der Waals surface area contributed by atoms with Gasteiger partial charge in [0.05, 0.1) is 6.10 Å². The van der Waals surface area contributed by atoms with Crippen LogP contribution in [0.25, 0.3) is 0 Å². The van der Waals surface area contributed by atoms with Crippen LogP contribution in [-0.2, 0) is 19.4 Å². The first-order chi connectivity index (χ1) is 9.76. The molecule has 1 atom stereocenters. The summed E-state index contributed by atoms with van der Waals surface area (Å²) in [6.45, 7) is 2.37. The smallest absolute Gasteiger partial charge is 0.226 e. The number of nitrogens with zero attached hydrogens (tertiary/aromatic N) is 2. The number of hydrogen-bond donors (Lipinski definition) is 1. The highest BCUT2D eigenvalue weighted by Crippen LogP contribution is 2.33. The molecule has 2 aromatic rings. The third-order valence-corrected chi connectivity index (χ3v) is 3.50. The number of ether oxygens (including phenoxy) is 1. The normalized spacial score (nSPS) is 17.2. The Morgan fingerprint density at radius 2 is 2.35 bits per heavy atom. The van der Waals surface area contributed by atoms with E-state index in [1.807, 2.05) is 18.2 Å². The van der Waals surface area contributed by atoms with E-state index in [4.69, 9.17) is 9.26 Å². The number of aromatic nitrogens is 2. The number of aryl methyl sites for hydroxylation is 2. The minimum atomic E-state index is -0.326. The van der Waals surface area contributed by atoms with E-state index >= 15 is 0 Å². The molecule has 5 heteroatoms. The van der Waals surface area contributed by atoms with Crippen LogP contribution >= 0.6 is 0 Å². The van der Waals surface area contributed by atoms with Gasteiger partial charge < -0.3 is 14.4 Å². The Morgan fingerprint density at radius 1 is 1.45 bits per heavy atom. The van der Waals surface area contributed by atoms with Gasteiger partial charge in [0.2, 0.25) is 11.7 Å². The number of rotatable bonds is 5. The van der Waals surface area contributed by atoms with Crippen molar-refractivity contribution < 1.29 is 14.4 Å². The lowest BCUT2D eigenvalue weighted by Crippen LogP contribution is -1.99. The summed E-state index contributed by atoms with van der Waals surface area (Å²) in [6, 6.07) is 5.79. The molecule has 20 heavy (non-hydrogen) atoms. The molecule has 1 aliphatic carbocycles. The molecule has 0 fully saturated rings. The third-order valence-electron chi connectivity index (χ3n) is 3.50. The van der Waals surface area contributed by atoms with Crippen LogP contribution in [0.3, 0.4) is 0 Å². The zero-order valence-corrected chi connectivity index (χ0v) is 11.5. The van der Waals surface area contributed by atoms with Crippen LogP contribution in [0.15, 0.2) is 22.7 Å². The Bertz CT molecular complexity index is 595. The Hall–Kier alpha value is -1.88. The van der Waals surface area contributed by atoms with Gasteiger partial charge in [0.15, 0.2) is 6.61 Å². The number of fused-ring (bicyclic) bond motifs is 1. The molecule has 0 amide bonds. The molecule has 0 spiro atoms. The Morgan fingerprint density at radius 3 is 3.20 bits per heavy atom. The summed E-state index contributed by atoms with van der Waals surface area (Å²) in [5.41, 5.74) is 2.18. The van der Waals surface area contributed by atoms with Crippen molar-refractivity contribution in [1.29, 1.82) is 0 Å². The lowest BCUT2D eigenvalue weighted by molar-refractivity contribution is 0.180. The van der Waals surface area contributed by atoms with Crippen LogP contribution in [0.2, 0.25) is 0 Å². The van der Waals surface area contributed by atoms with Crippen LogP contribution in [0, 0.1) is 0 Å². The van der Waals surface area contributed by atoms with Gasteiger partial charge in [-0.05, 0) is 42.5 Å². The number of aliphatic hydroxyl groups is 1. The summed E-state index contributed by atoms with van der Waals surface area (Å²) in [5.74, 6) is 2.00. The second kappa shape index (κ2) is 5.63. The zero-order valence-electron chi connectivity index (χ0n) is 11.5. The maximum atomic E-state index is 9.76. The third kappa shape index (κ3) is 2.67. The molecule has 1 unspecified atom stereocenters. The topological polar surface area (TPSA) is 68.4 Å². The van der Waals surface area contributed by atoms with Crippen LogP contribution in [0.1, 0.15) is 48.7 Å². The fourth-order valence-corrected chi connectivity index (χ4v) is 2.47. The standard InChI is InChI=1S/C15H18N2O3/c1-2-3-15-16-14(17-20-15)9-19-11-5-6-12-10(8-11)4-7-13(12)18/h5-6,8,13,18H,2-4,7,9H2,1H3. The van der Waals surface area contributed by atoms with E-state index in [0.29, 0.717) is 18.3 Å². The van der Waals surface area contributed by atoms with E-state index < -0.39 is 0 Å². The van der Waals surface area contributed by atoms with E-state index in [-0.39, 0.29) is 6.10 Å². The van der Waals surface area contributed by atoms with Crippen molar-refractivity contribution in [2.45, 2.75) is 45.3 Å². The Balaban J connectivity index is 1.63. The first-order valence-electron chi connectivity index (χ1n) is 7.01. The quantitative estimate of drug-likeness (QED) is 0.907.